The van der Waals surface area contributed by atoms with Crippen LogP contribution in [0.1, 0.15) is 12.8 Å². The van der Waals surface area contributed by atoms with Crippen molar-refractivity contribution in [3.8, 4) is 0 Å². The Morgan fingerprint density at radius 1 is 1.35 bits per heavy atom. The van der Waals surface area contributed by atoms with Crippen LogP contribution in [0, 0.1) is 0 Å². The second kappa shape index (κ2) is 5.09. The molecule has 0 aliphatic heterocycles. The molecule has 112 valence electrons. The van der Waals surface area contributed by atoms with Crippen molar-refractivity contribution in [3.05, 3.63) is 23.2 Å². The van der Waals surface area contributed by atoms with Crippen LogP contribution < -0.4 is 5.73 Å². The number of nitrogens with two attached hydrogens (primary N) is 1. The molecule has 1 aliphatic carbocycles. The van der Waals surface area contributed by atoms with Crippen molar-refractivity contribution in [2.24, 2.45) is 0 Å². The first-order valence-electron chi connectivity index (χ1n) is 5.75. The van der Waals surface area contributed by atoms with Gasteiger partial charge in [-0.2, -0.15) is 17.5 Å². The molecule has 1 aliphatic rings. The lowest BCUT2D eigenvalue weighted by molar-refractivity contribution is -0.137. The number of halogens is 4. The van der Waals surface area contributed by atoms with Crippen molar-refractivity contribution in [2.45, 2.75) is 30.0 Å². The first kappa shape index (κ1) is 15.4. The average Bonchev–Trinajstić information content (AvgIpc) is 3.12. The number of sulfonamides is 1. The van der Waals surface area contributed by atoms with Crippen molar-refractivity contribution >= 4 is 27.3 Å². The van der Waals surface area contributed by atoms with E-state index in [0.29, 0.717) is 17.1 Å². The summed E-state index contributed by atoms with van der Waals surface area (Å²) >= 11 is 5.72. The van der Waals surface area contributed by atoms with Gasteiger partial charge in [-0.05, 0) is 31.0 Å². The Bertz CT molecular complexity index is 615. The van der Waals surface area contributed by atoms with Crippen LogP contribution in [0.2, 0.25) is 5.02 Å². The van der Waals surface area contributed by atoms with Gasteiger partial charge in [-0.1, -0.05) is 11.6 Å². The average molecular weight is 329 g/mol. The molecule has 0 heterocycles. The minimum atomic E-state index is -4.59. The van der Waals surface area contributed by atoms with Gasteiger partial charge in [0, 0.05) is 6.04 Å². The number of nitrogens with zero attached hydrogens (tertiary/aromatic N) is 1. The topological polar surface area (TPSA) is 63.4 Å². The lowest BCUT2D eigenvalue weighted by Gasteiger charge is -2.23. The van der Waals surface area contributed by atoms with Crippen molar-refractivity contribution in [1.29, 1.82) is 0 Å². The maximum atomic E-state index is 12.5. The number of hydrogen-bond acceptors (Lipinski definition) is 3. The van der Waals surface area contributed by atoms with Crippen molar-refractivity contribution in [1.82, 2.24) is 4.31 Å². The van der Waals surface area contributed by atoms with Crippen molar-refractivity contribution in [3.63, 3.8) is 0 Å². The molecule has 0 radical (unpaired) electrons. The number of benzene rings is 1. The molecular weight excluding hydrogens is 317 g/mol. The van der Waals surface area contributed by atoms with Crippen LogP contribution in [0.4, 0.5) is 18.9 Å². The van der Waals surface area contributed by atoms with E-state index in [1.807, 2.05) is 0 Å². The van der Waals surface area contributed by atoms with Gasteiger partial charge >= 0.3 is 6.18 Å². The first-order chi connectivity index (χ1) is 9.11. The minimum Gasteiger partial charge on any atom is -0.398 e. The van der Waals surface area contributed by atoms with E-state index >= 15 is 0 Å². The SMILES string of the molecule is Nc1ccc(S(=O)(=O)N(CC(F)(F)F)C2CC2)cc1Cl. The molecule has 1 aromatic rings. The normalized spacial score (nSPS) is 16.6. The zero-order valence-corrected chi connectivity index (χ0v) is 11.8. The molecule has 1 aromatic carbocycles. The summed E-state index contributed by atoms with van der Waals surface area (Å²) in [6.45, 7) is -1.50. The molecule has 1 fully saturated rings. The lowest BCUT2D eigenvalue weighted by Crippen LogP contribution is -2.40. The minimum absolute atomic E-state index is 0.00571. The molecule has 0 atom stereocenters. The fourth-order valence-electron chi connectivity index (χ4n) is 1.75. The zero-order valence-electron chi connectivity index (χ0n) is 10.2. The van der Waals surface area contributed by atoms with Gasteiger partial charge in [-0.25, -0.2) is 8.42 Å². The Kier molecular flexibility index (Phi) is 3.92. The molecule has 0 amide bonds. The fourth-order valence-corrected chi connectivity index (χ4v) is 3.70. The largest absolute Gasteiger partial charge is 0.402 e. The summed E-state index contributed by atoms with van der Waals surface area (Å²) in [5.74, 6) is 0. The van der Waals surface area contributed by atoms with E-state index < -0.39 is 28.8 Å². The molecule has 0 saturated heterocycles. The Balaban J connectivity index is 2.37. The quantitative estimate of drug-likeness (QED) is 0.864. The number of alkyl halides is 3. The second-order valence-corrected chi connectivity index (χ2v) is 6.88. The fraction of sp³-hybridized carbons (Fsp3) is 0.455. The monoisotopic (exact) mass is 328 g/mol. The molecule has 4 nitrogen and oxygen atoms in total. The van der Waals surface area contributed by atoms with Crippen LogP contribution in [0.25, 0.3) is 0 Å². The molecule has 0 spiro atoms. The second-order valence-electron chi connectivity index (χ2n) is 4.58. The van der Waals surface area contributed by atoms with Crippen LogP contribution in [0.5, 0.6) is 0 Å². The highest BCUT2D eigenvalue weighted by molar-refractivity contribution is 7.89. The lowest BCUT2D eigenvalue weighted by atomic mass is 10.3. The van der Waals surface area contributed by atoms with Crippen LogP contribution >= 0.6 is 11.6 Å². The summed E-state index contributed by atoms with van der Waals surface area (Å²) in [6, 6.07) is 2.88. The molecule has 0 aromatic heterocycles. The van der Waals surface area contributed by atoms with E-state index in [-0.39, 0.29) is 15.6 Å². The van der Waals surface area contributed by atoms with Crippen molar-refractivity contribution in [2.75, 3.05) is 12.3 Å². The van der Waals surface area contributed by atoms with E-state index in [1.54, 1.807) is 0 Å². The molecule has 2 rings (SSSR count). The van der Waals surface area contributed by atoms with Gasteiger partial charge in [0.2, 0.25) is 10.0 Å². The third-order valence-corrected chi connectivity index (χ3v) is 5.09. The standard InChI is InChI=1S/C11H12ClF3N2O2S/c12-9-5-8(3-4-10(9)16)20(18,19)17(7-1-2-7)6-11(13,14)15/h3-5,7H,1-2,6,16H2. The zero-order chi connectivity index (χ0) is 15.1. The Morgan fingerprint density at radius 2 is 1.95 bits per heavy atom. The van der Waals surface area contributed by atoms with Crippen LogP contribution in [-0.2, 0) is 10.0 Å². The molecule has 1 saturated carbocycles. The van der Waals surface area contributed by atoms with E-state index in [4.69, 9.17) is 17.3 Å². The van der Waals surface area contributed by atoms with Gasteiger partial charge in [0.1, 0.15) is 6.54 Å². The predicted molar refractivity (Wildman–Crippen MR) is 68.8 cm³/mol. The molecule has 0 unspecified atom stereocenters. The first-order valence-corrected chi connectivity index (χ1v) is 7.57. The van der Waals surface area contributed by atoms with Gasteiger partial charge in [0.15, 0.2) is 0 Å². The Hall–Kier alpha value is -0.990. The summed E-state index contributed by atoms with van der Waals surface area (Å²) in [5, 5.41) is -0.00571. The third-order valence-electron chi connectivity index (χ3n) is 2.87. The van der Waals surface area contributed by atoms with Crippen LogP contribution in [0.3, 0.4) is 0 Å². The van der Waals surface area contributed by atoms with Crippen LogP contribution in [0.15, 0.2) is 23.1 Å². The van der Waals surface area contributed by atoms with Gasteiger partial charge < -0.3 is 5.73 Å². The van der Waals surface area contributed by atoms with E-state index in [0.717, 1.165) is 12.1 Å². The van der Waals surface area contributed by atoms with Gasteiger partial charge in [0.25, 0.3) is 0 Å². The molecule has 0 bridgehead atoms. The highest BCUT2D eigenvalue weighted by Gasteiger charge is 2.44. The van der Waals surface area contributed by atoms with Crippen molar-refractivity contribution < 1.29 is 21.6 Å². The molecule has 20 heavy (non-hydrogen) atoms. The van der Waals surface area contributed by atoms with E-state index in [1.165, 1.54) is 6.07 Å². The van der Waals surface area contributed by atoms with Gasteiger partial charge in [-0.15, -0.1) is 0 Å². The van der Waals surface area contributed by atoms with E-state index in [9.17, 15) is 21.6 Å². The van der Waals surface area contributed by atoms with Gasteiger partial charge in [-0.3, -0.25) is 0 Å². The number of nitrogen functional groups attached to an aromatic ring is 1. The third kappa shape index (κ3) is 3.36. The Morgan fingerprint density at radius 3 is 2.40 bits per heavy atom. The van der Waals surface area contributed by atoms with Crippen LogP contribution in [-0.4, -0.2) is 31.5 Å². The van der Waals surface area contributed by atoms with E-state index in [2.05, 4.69) is 0 Å². The molecule has 2 N–H and O–H groups in total. The molecular formula is C11H12ClF3N2O2S. The summed E-state index contributed by atoms with van der Waals surface area (Å²) < 4.78 is 62.6. The number of anilines is 1. The summed E-state index contributed by atoms with van der Waals surface area (Å²) in [7, 11) is -4.24. The predicted octanol–water partition coefficient (Wildman–Crippen LogP) is 2.64. The maximum Gasteiger partial charge on any atom is 0.402 e. The highest BCUT2D eigenvalue weighted by atomic mass is 35.5. The highest BCUT2D eigenvalue weighted by Crippen LogP contribution is 2.35. The summed E-state index contributed by atoms with van der Waals surface area (Å²) in [5.41, 5.74) is 5.63. The number of rotatable bonds is 4. The summed E-state index contributed by atoms with van der Waals surface area (Å²) in [4.78, 5) is -0.284. The smallest absolute Gasteiger partial charge is 0.398 e. The Labute approximate surface area is 119 Å². The van der Waals surface area contributed by atoms with Gasteiger partial charge in [0.05, 0.1) is 15.6 Å². The molecule has 9 heteroatoms. The number of hydrogen-bond donors (Lipinski definition) is 1. The maximum absolute atomic E-state index is 12.5. The summed E-state index contributed by atoms with van der Waals surface area (Å²) in [6.07, 6.45) is -3.73.